The van der Waals surface area contributed by atoms with Crippen LogP contribution < -0.4 is 4.74 Å². The van der Waals surface area contributed by atoms with Crippen LogP contribution in [0.5, 0.6) is 5.75 Å². The van der Waals surface area contributed by atoms with E-state index in [-0.39, 0.29) is 5.41 Å². The van der Waals surface area contributed by atoms with Crippen LogP contribution in [0.1, 0.15) is 49.7 Å². The van der Waals surface area contributed by atoms with Gasteiger partial charge in [0.2, 0.25) is 0 Å². The summed E-state index contributed by atoms with van der Waals surface area (Å²) < 4.78 is 7.33. The van der Waals surface area contributed by atoms with Gasteiger partial charge in [-0.1, -0.05) is 41.6 Å². The fourth-order valence-corrected chi connectivity index (χ4v) is 3.69. The Kier molecular flexibility index (Phi) is 5.85. The molecule has 112 valence electrons. The van der Waals surface area contributed by atoms with E-state index in [4.69, 9.17) is 4.74 Å². The number of aryl methyl sites for hydroxylation is 2. The quantitative estimate of drug-likeness (QED) is 0.536. The van der Waals surface area contributed by atoms with Crippen LogP contribution in [0.4, 0.5) is 0 Å². The van der Waals surface area contributed by atoms with E-state index >= 15 is 0 Å². The Bertz CT molecular complexity index is 427. The lowest BCUT2D eigenvalue weighted by Gasteiger charge is -2.31. The van der Waals surface area contributed by atoms with Crippen molar-refractivity contribution >= 4 is 28.6 Å². The average Bonchev–Trinajstić information content (AvgIpc) is 2.68. The molecule has 0 N–H and O–H groups in total. The van der Waals surface area contributed by atoms with E-state index in [1.165, 1.54) is 54.1 Å². The number of thiol groups is 1. The van der Waals surface area contributed by atoms with Gasteiger partial charge < -0.3 is 4.74 Å². The van der Waals surface area contributed by atoms with Crippen LogP contribution in [0.3, 0.4) is 0 Å². The van der Waals surface area contributed by atoms with Crippen molar-refractivity contribution in [3.8, 4) is 5.75 Å². The topological polar surface area (TPSA) is 9.23 Å². The molecule has 1 aliphatic carbocycles. The van der Waals surface area contributed by atoms with Gasteiger partial charge in [-0.2, -0.15) is 12.6 Å². The second kappa shape index (κ2) is 7.22. The predicted molar refractivity (Wildman–Crippen MR) is 93.1 cm³/mol. The van der Waals surface area contributed by atoms with Gasteiger partial charge in [0.15, 0.2) is 0 Å². The van der Waals surface area contributed by atoms with E-state index in [0.717, 1.165) is 18.1 Å². The highest BCUT2D eigenvalue weighted by Crippen LogP contribution is 2.37. The first-order chi connectivity index (χ1) is 9.56. The van der Waals surface area contributed by atoms with E-state index in [0.29, 0.717) is 0 Å². The Balaban J connectivity index is 2.06. The maximum atomic E-state index is 6.14. The summed E-state index contributed by atoms with van der Waals surface area (Å²) in [5, 5.41) is 0. The van der Waals surface area contributed by atoms with Gasteiger partial charge in [-0.25, -0.2) is 0 Å². The lowest BCUT2D eigenvalue weighted by atomic mass is 9.83. The molecule has 3 heteroatoms. The molecule has 0 atom stereocenters. The zero-order chi connectivity index (χ0) is 14.6. The molecule has 0 amide bonds. The van der Waals surface area contributed by atoms with Gasteiger partial charge >= 0.3 is 0 Å². The molecule has 1 aromatic rings. The first kappa shape index (κ1) is 16.2. The Morgan fingerprint density at radius 2 is 1.65 bits per heavy atom. The van der Waals surface area contributed by atoms with Crippen molar-refractivity contribution in [1.82, 2.24) is 0 Å². The third-order valence-electron chi connectivity index (χ3n) is 4.45. The minimum Gasteiger partial charge on any atom is -0.493 e. The molecule has 2 rings (SSSR count). The maximum absolute atomic E-state index is 6.14. The van der Waals surface area contributed by atoms with Gasteiger partial charge in [-0.15, -0.1) is 0 Å². The molecule has 0 heterocycles. The molecule has 0 unspecified atom stereocenters. The van der Waals surface area contributed by atoms with Crippen LogP contribution in [0.25, 0.3) is 0 Å². The fourth-order valence-electron chi connectivity index (χ4n) is 3.05. The monoisotopic (exact) mass is 356 g/mol. The molecule has 1 nitrogen and oxygen atoms in total. The molecule has 1 saturated carbocycles. The first-order valence-corrected chi connectivity index (χ1v) is 8.99. The van der Waals surface area contributed by atoms with Crippen LogP contribution in [0.2, 0.25) is 0 Å². The molecule has 0 spiro atoms. The van der Waals surface area contributed by atoms with Gasteiger partial charge in [0.1, 0.15) is 5.75 Å². The smallest absolute Gasteiger partial charge is 0.119 e. The van der Waals surface area contributed by atoms with Crippen molar-refractivity contribution < 1.29 is 4.74 Å². The zero-order valence-corrected chi connectivity index (χ0v) is 15.0. The standard InChI is InChI=1S/C17H25BrOS/c1-13-9-15(10-14(2)16(13)18)19-11-17(12-20)7-5-3-4-6-8-17/h9-10,20H,3-8,11-12H2,1-2H3. The number of ether oxygens (including phenoxy) is 1. The van der Waals surface area contributed by atoms with Crippen molar-refractivity contribution in [2.45, 2.75) is 52.4 Å². The fraction of sp³-hybridized carbons (Fsp3) is 0.647. The lowest BCUT2D eigenvalue weighted by molar-refractivity contribution is 0.148. The molecular formula is C17H25BrOS. The minimum atomic E-state index is 0.272. The highest BCUT2D eigenvalue weighted by Gasteiger charge is 2.30. The Hall–Kier alpha value is -0.150. The summed E-state index contributed by atoms with van der Waals surface area (Å²) in [5.74, 6) is 1.93. The molecule has 0 saturated heterocycles. The molecule has 0 bridgehead atoms. The molecule has 0 aromatic heterocycles. The van der Waals surface area contributed by atoms with E-state index in [9.17, 15) is 0 Å². The van der Waals surface area contributed by atoms with Crippen LogP contribution >= 0.6 is 28.6 Å². The Morgan fingerprint density at radius 3 is 2.15 bits per heavy atom. The van der Waals surface area contributed by atoms with E-state index in [1.807, 2.05) is 0 Å². The maximum Gasteiger partial charge on any atom is 0.119 e. The van der Waals surface area contributed by atoms with Gasteiger partial charge in [0.05, 0.1) is 6.61 Å². The number of rotatable bonds is 4. The molecule has 0 radical (unpaired) electrons. The summed E-state index contributed by atoms with van der Waals surface area (Å²) in [6.07, 6.45) is 7.89. The van der Waals surface area contributed by atoms with Crippen molar-refractivity contribution in [1.29, 1.82) is 0 Å². The summed E-state index contributed by atoms with van der Waals surface area (Å²) in [6.45, 7) is 5.03. The van der Waals surface area contributed by atoms with Crippen molar-refractivity contribution in [2.75, 3.05) is 12.4 Å². The van der Waals surface area contributed by atoms with Gasteiger partial charge in [0.25, 0.3) is 0 Å². The SMILES string of the molecule is Cc1cc(OCC2(CS)CCCCCC2)cc(C)c1Br. The molecule has 1 aromatic carbocycles. The first-order valence-electron chi connectivity index (χ1n) is 7.57. The summed E-state index contributed by atoms with van der Waals surface area (Å²) >= 11 is 8.22. The Labute approximate surface area is 137 Å². The highest BCUT2D eigenvalue weighted by molar-refractivity contribution is 9.10. The van der Waals surface area contributed by atoms with E-state index in [1.54, 1.807) is 0 Å². The predicted octanol–water partition coefficient (Wildman–Crippen LogP) is 5.72. The van der Waals surface area contributed by atoms with Crippen molar-refractivity contribution in [2.24, 2.45) is 5.41 Å². The normalized spacial score (nSPS) is 18.6. The lowest BCUT2D eigenvalue weighted by Crippen LogP contribution is -2.30. The minimum absolute atomic E-state index is 0.272. The van der Waals surface area contributed by atoms with Crippen molar-refractivity contribution in [3.05, 3.63) is 27.7 Å². The largest absolute Gasteiger partial charge is 0.493 e. The third-order valence-corrected chi connectivity index (χ3v) is 6.38. The number of halogens is 1. The van der Waals surface area contributed by atoms with E-state index < -0.39 is 0 Å². The highest BCUT2D eigenvalue weighted by atomic mass is 79.9. The molecule has 20 heavy (non-hydrogen) atoms. The summed E-state index contributed by atoms with van der Waals surface area (Å²) in [5.41, 5.74) is 2.75. The van der Waals surface area contributed by atoms with Crippen LogP contribution in [0, 0.1) is 19.3 Å². The molecule has 1 fully saturated rings. The summed E-state index contributed by atoms with van der Waals surface area (Å²) in [4.78, 5) is 0. The van der Waals surface area contributed by atoms with Gasteiger partial charge in [0, 0.05) is 9.89 Å². The average molecular weight is 357 g/mol. The summed E-state index contributed by atoms with van der Waals surface area (Å²) in [7, 11) is 0. The van der Waals surface area contributed by atoms with Crippen molar-refractivity contribution in [3.63, 3.8) is 0 Å². The Morgan fingerprint density at radius 1 is 1.10 bits per heavy atom. The third kappa shape index (κ3) is 3.94. The van der Waals surface area contributed by atoms with E-state index in [2.05, 4.69) is 54.5 Å². The zero-order valence-electron chi connectivity index (χ0n) is 12.5. The van der Waals surface area contributed by atoms with Crippen LogP contribution in [-0.4, -0.2) is 12.4 Å². The number of hydrogen-bond acceptors (Lipinski definition) is 2. The summed E-state index contributed by atoms with van der Waals surface area (Å²) in [6, 6.07) is 4.25. The van der Waals surface area contributed by atoms with Crippen LogP contribution in [0.15, 0.2) is 16.6 Å². The number of benzene rings is 1. The van der Waals surface area contributed by atoms with Crippen LogP contribution in [-0.2, 0) is 0 Å². The second-order valence-electron chi connectivity index (χ2n) is 6.23. The molecule has 1 aliphatic rings. The van der Waals surface area contributed by atoms with Gasteiger partial charge in [-0.05, 0) is 55.7 Å². The second-order valence-corrected chi connectivity index (χ2v) is 7.34. The molecule has 0 aliphatic heterocycles. The van der Waals surface area contributed by atoms with Gasteiger partial charge in [-0.3, -0.25) is 0 Å². The number of hydrogen-bond donors (Lipinski definition) is 1. The molecular weight excluding hydrogens is 332 g/mol.